The molecule has 0 spiro atoms. The van der Waals surface area contributed by atoms with Crippen molar-refractivity contribution in [2.45, 2.75) is 55.6 Å². The molecular weight excluding hydrogens is 483 g/mol. The number of rotatable bonds is 7. The minimum absolute atomic E-state index is 0.0327. The molecule has 2 aromatic rings. The normalized spacial score (nSPS) is 21.5. The van der Waals surface area contributed by atoms with Crippen LogP contribution < -0.4 is 10.6 Å². The number of aromatic nitrogens is 2. The number of benzene rings is 1. The molecule has 0 aliphatic carbocycles. The molecule has 2 fully saturated rings. The Hall–Kier alpha value is -3.55. The highest BCUT2D eigenvalue weighted by Gasteiger charge is 2.44. The van der Waals surface area contributed by atoms with Gasteiger partial charge in [0.05, 0.1) is 22.1 Å². The van der Waals surface area contributed by atoms with E-state index in [1.807, 2.05) is 0 Å². The molecule has 0 radical (unpaired) electrons. The van der Waals surface area contributed by atoms with Crippen LogP contribution in [0.25, 0.3) is 0 Å². The van der Waals surface area contributed by atoms with Gasteiger partial charge in [-0.3, -0.25) is 10.1 Å². The molecule has 2 aliphatic rings. The number of hydrogen-bond acceptors (Lipinski definition) is 10. The fraction of sp³-hybridized carbons (Fsp3) is 0.476. The van der Waals surface area contributed by atoms with Gasteiger partial charge in [0.1, 0.15) is 12.1 Å². The number of piperidine rings is 1. The fourth-order valence-electron chi connectivity index (χ4n) is 4.69. The lowest BCUT2D eigenvalue weighted by molar-refractivity contribution is -0.383. The third-order valence-corrected chi connectivity index (χ3v) is 7.29. The maximum Gasteiger partial charge on any atom is 0.410 e. The van der Waals surface area contributed by atoms with Crippen LogP contribution in [0.5, 0.6) is 0 Å². The lowest BCUT2D eigenvalue weighted by atomic mass is 9.97. The molecule has 1 amide bonds. The summed E-state index contributed by atoms with van der Waals surface area (Å²) in [5.74, 6) is -1.18. The van der Waals surface area contributed by atoms with E-state index in [2.05, 4.69) is 20.6 Å². The molecule has 0 saturated carbocycles. The lowest BCUT2D eigenvalue weighted by Gasteiger charge is -2.38. The van der Waals surface area contributed by atoms with Gasteiger partial charge >= 0.3 is 11.8 Å². The third kappa shape index (κ3) is 5.11. The number of carbonyl (C=O) groups excluding carboxylic acids is 1. The predicted octanol–water partition coefficient (Wildman–Crippen LogP) is 3.23. The summed E-state index contributed by atoms with van der Waals surface area (Å²) in [5, 5.41) is 17.6. The van der Waals surface area contributed by atoms with Crippen molar-refractivity contribution in [1.82, 2.24) is 14.9 Å². The van der Waals surface area contributed by atoms with Crippen LogP contribution in [-0.4, -0.2) is 65.3 Å². The monoisotopic (exact) mass is 508 g/mol. The molecule has 0 unspecified atom stereocenters. The van der Waals surface area contributed by atoms with E-state index < -0.39 is 26.3 Å². The molecule has 2 bridgehead atoms. The van der Waals surface area contributed by atoms with Crippen molar-refractivity contribution >= 4 is 38.9 Å². The van der Waals surface area contributed by atoms with E-state index in [4.69, 9.17) is 4.74 Å². The first-order valence-corrected chi connectivity index (χ1v) is 12.9. The maximum absolute atomic E-state index is 14.5. The van der Waals surface area contributed by atoms with Crippen LogP contribution in [0.2, 0.25) is 0 Å². The summed E-state index contributed by atoms with van der Waals surface area (Å²) in [6, 6.07) is 2.95. The van der Waals surface area contributed by atoms with Gasteiger partial charge in [0.25, 0.3) is 0 Å². The number of halogens is 1. The van der Waals surface area contributed by atoms with Crippen LogP contribution in [0.1, 0.15) is 32.6 Å². The summed E-state index contributed by atoms with van der Waals surface area (Å²) in [4.78, 5) is 33.0. The van der Waals surface area contributed by atoms with Gasteiger partial charge in [-0.1, -0.05) is 0 Å². The smallest absolute Gasteiger partial charge is 0.410 e. The van der Waals surface area contributed by atoms with Gasteiger partial charge in [-0.05, 0) is 50.8 Å². The second kappa shape index (κ2) is 9.60. The number of ether oxygens (including phenoxy) is 1. The molecule has 2 saturated heterocycles. The quantitative estimate of drug-likeness (QED) is 0.420. The van der Waals surface area contributed by atoms with Gasteiger partial charge in [0.15, 0.2) is 9.84 Å². The zero-order valence-electron chi connectivity index (χ0n) is 19.1. The summed E-state index contributed by atoms with van der Waals surface area (Å²) in [6.45, 7) is 2.04. The second-order valence-corrected chi connectivity index (χ2v) is 10.5. The van der Waals surface area contributed by atoms with Crippen LogP contribution in [-0.2, 0) is 14.6 Å². The minimum Gasteiger partial charge on any atom is -0.450 e. The van der Waals surface area contributed by atoms with Gasteiger partial charge in [-0.15, -0.1) is 0 Å². The number of carbonyl (C=O) groups is 1. The first-order chi connectivity index (χ1) is 16.6. The Bertz CT molecular complexity index is 1240. The maximum atomic E-state index is 14.5. The molecule has 2 atom stereocenters. The predicted molar refractivity (Wildman–Crippen MR) is 124 cm³/mol. The number of nitro groups is 1. The first-order valence-electron chi connectivity index (χ1n) is 11.1. The van der Waals surface area contributed by atoms with Gasteiger partial charge in [-0.2, -0.15) is 0 Å². The fourth-order valence-corrected chi connectivity index (χ4v) is 5.32. The Morgan fingerprint density at radius 1 is 1.26 bits per heavy atom. The van der Waals surface area contributed by atoms with Crippen LogP contribution >= 0.6 is 0 Å². The van der Waals surface area contributed by atoms with Gasteiger partial charge in [-0.25, -0.2) is 27.6 Å². The van der Waals surface area contributed by atoms with E-state index in [0.717, 1.165) is 31.5 Å². The van der Waals surface area contributed by atoms with E-state index >= 15 is 0 Å². The van der Waals surface area contributed by atoms with Crippen molar-refractivity contribution in [1.29, 1.82) is 0 Å². The van der Waals surface area contributed by atoms with Crippen LogP contribution in [0.3, 0.4) is 0 Å². The van der Waals surface area contributed by atoms with Crippen molar-refractivity contribution in [3.8, 4) is 0 Å². The Morgan fingerprint density at radius 2 is 1.91 bits per heavy atom. The Kier molecular flexibility index (Phi) is 6.74. The number of nitrogens with zero attached hydrogens (tertiary/aromatic N) is 4. The van der Waals surface area contributed by atoms with Crippen molar-refractivity contribution in [2.75, 3.05) is 23.5 Å². The lowest BCUT2D eigenvalue weighted by Crippen LogP contribution is -2.50. The standard InChI is InChI=1S/C21H25FN6O6S/c1-3-34-21(29)27-13-4-5-14(27)9-12(8-13)25-19-18(28(30)31)20(24-11-23-19)26-17-7-6-15(10-16(17)22)35(2,32)33/h6-7,10-14H,3-5,8-9H2,1-2H3,(H2,23,24,25,26)/t13-,14-/m1/s1. The highest BCUT2D eigenvalue weighted by Crippen LogP contribution is 2.39. The van der Waals surface area contributed by atoms with Gasteiger partial charge in [0.2, 0.25) is 11.6 Å². The van der Waals surface area contributed by atoms with Gasteiger partial charge in [0, 0.05) is 24.4 Å². The number of anilines is 3. The molecule has 2 aliphatic heterocycles. The largest absolute Gasteiger partial charge is 0.450 e. The van der Waals surface area contributed by atoms with E-state index in [0.29, 0.717) is 12.8 Å². The molecular formula is C21H25FN6O6S. The summed E-state index contributed by atoms with van der Waals surface area (Å²) >= 11 is 0. The van der Waals surface area contributed by atoms with Crippen molar-refractivity contribution in [2.24, 2.45) is 0 Å². The van der Waals surface area contributed by atoms with Crippen LogP contribution in [0.4, 0.5) is 32.2 Å². The Balaban J connectivity index is 1.55. The summed E-state index contributed by atoms with van der Waals surface area (Å²) in [5.41, 5.74) is -0.648. The number of hydrogen-bond donors (Lipinski definition) is 2. The molecule has 12 nitrogen and oxygen atoms in total. The molecule has 1 aromatic heterocycles. The molecule has 1 aromatic carbocycles. The average Bonchev–Trinajstić information content (AvgIpc) is 3.05. The first kappa shape index (κ1) is 24.6. The molecule has 35 heavy (non-hydrogen) atoms. The van der Waals surface area contributed by atoms with Crippen LogP contribution in [0, 0.1) is 15.9 Å². The highest BCUT2D eigenvalue weighted by atomic mass is 32.2. The van der Waals surface area contributed by atoms with E-state index in [9.17, 15) is 27.7 Å². The summed E-state index contributed by atoms with van der Waals surface area (Å²) in [6.07, 6.45) is 4.50. The number of sulfone groups is 1. The van der Waals surface area contributed by atoms with Crippen molar-refractivity contribution in [3.05, 3.63) is 40.5 Å². The van der Waals surface area contributed by atoms with E-state index in [-0.39, 0.29) is 53.0 Å². The Morgan fingerprint density at radius 3 is 2.49 bits per heavy atom. The second-order valence-electron chi connectivity index (χ2n) is 8.52. The zero-order chi connectivity index (χ0) is 25.3. The molecule has 4 rings (SSSR count). The summed E-state index contributed by atoms with van der Waals surface area (Å²) < 4.78 is 43.0. The topological polar surface area (TPSA) is 157 Å². The van der Waals surface area contributed by atoms with Gasteiger partial charge < -0.3 is 20.3 Å². The third-order valence-electron chi connectivity index (χ3n) is 6.18. The number of amides is 1. The number of fused-ring (bicyclic) bond motifs is 2. The molecule has 3 heterocycles. The SMILES string of the molecule is CCOC(=O)N1[C@@H]2CC[C@@H]1CC(Nc1ncnc(Nc3ccc(S(C)(=O)=O)cc3F)c1[N+](=O)[O-])C2. The van der Waals surface area contributed by atoms with E-state index in [1.165, 1.54) is 12.1 Å². The molecule has 188 valence electrons. The summed E-state index contributed by atoms with van der Waals surface area (Å²) in [7, 11) is -3.62. The molecule has 14 heteroatoms. The van der Waals surface area contributed by atoms with E-state index in [1.54, 1.807) is 11.8 Å². The van der Waals surface area contributed by atoms with Crippen LogP contribution in [0.15, 0.2) is 29.4 Å². The average molecular weight is 509 g/mol. The number of nitrogens with one attached hydrogen (secondary N) is 2. The highest BCUT2D eigenvalue weighted by molar-refractivity contribution is 7.90. The molecule has 2 N–H and O–H groups in total. The van der Waals surface area contributed by atoms with Crippen molar-refractivity contribution in [3.63, 3.8) is 0 Å². The minimum atomic E-state index is -3.62. The Labute approximate surface area is 201 Å². The van der Waals surface area contributed by atoms with Crippen molar-refractivity contribution < 1.29 is 27.3 Å². The zero-order valence-corrected chi connectivity index (χ0v) is 19.9.